The standard InChI is InChI=1S/C11H17N5O2S/c1-4-15-7-6-11(13-15)14-19(17,18)10-8-16(5-2)12-9(10)3/h6-8H,4-5H2,1-3H3,(H,13,14). The molecule has 8 heteroatoms. The molecule has 104 valence electrons. The van der Waals surface area contributed by atoms with E-state index in [0.717, 1.165) is 0 Å². The van der Waals surface area contributed by atoms with Crippen LogP contribution in [0.15, 0.2) is 23.4 Å². The van der Waals surface area contributed by atoms with Gasteiger partial charge in [0.05, 0.1) is 5.69 Å². The molecule has 0 atom stereocenters. The van der Waals surface area contributed by atoms with E-state index >= 15 is 0 Å². The summed E-state index contributed by atoms with van der Waals surface area (Å²) in [6, 6.07) is 1.63. The zero-order valence-electron chi connectivity index (χ0n) is 11.2. The van der Waals surface area contributed by atoms with Crippen molar-refractivity contribution in [1.82, 2.24) is 19.6 Å². The van der Waals surface area contributed by atoms with Crippen LogP contribution in [0.25, 0.3) is 0 Å². The smallest absolute Gasteiger partial charge is 0.266 e. The van der Waals surface area contributed by atoms with E-state index in [0.29, 0.717) is 24.6 Å². The predicted molar refractivity (Wildman–Crippen MR) is 71.3 cm³/mol. The zero-order valence-corrected chi connectivity index (χ0v) is 12.0. The Labute approximate surface area is 112 Å². The highest BCUT2D eigenvalue weighted by Crippen LogP contribution is 2.17. The molecule has 0 unspecified atom stereocenters. The molecule has 2 heterocycles. The molecule has 2 aromatic heterocycles. The molecule has 0 aromatic carbocycles. The summed E-state index contributed by atoms with van der Waals surface area (Å²) < 4.78 is 30.2. The maximum absolute atomic E-state index is 12.2. The van der Waals surface area contributed by atoms with Crippen molar-refractivity contribution in [3.8, 4) is 0 Å². The van der Waals surface area contributed by atoms with Gasteiger partial charge in [-0.15, -0.1) is 0 Å². The molecule has 2 rings (SSSR count). The lowest BCUT2D eigenvalue weighted by Gasteiger charge is -2.03. The minimum absolute atomic E-state index is 0.181. The lowest BCUT2D eigenvalue weighted by Crippen LogP contribution is -2.14. The van der Waals surface area contributed by atoms with E-state index in [1.165, 1.54) is 6.20 Å². The van der Waals surface area contributed by atoms with Crippen LogP contribution in [0.4, 0.5) is 5.82 Å². The molecule has 7 nitrogen and oxygen atoms in total. The van der Waals surface area contributed by atoms with E-state index in [4.69, 9.17) is 0 Å². The first kappa shape index (κ1) is 13.6. The van der Waals surface area contributed by atoms with Crippen molar-refractivity contribution < 1.29 is 8.42 Å². The summed E-state index contributed by atoms with van der Waals surface area (Å²) in [5.74, 6) is 0.311. The molecular weight excluding hydrogens is 266 g/mol. The van der Waals surface area contributed by atoms with E-state index in [9.17, 15) is 8.42 Å². The van der Waals surface area contributed by atoms with Crippen LogP contribution < -0.4 is 4.72 Å². The Morgan fingerprint density at radius 1 is 1.21 bits per heavy atom. The highest BCUT2D eigenvalue weighted by molar-refractivity contribution is 7.92. The second-order valence-electron chi connectivity index (χ2n) is 4.10. The third-order valence-electron chi connectivity index (χ3n) is 2.72. The Morgan fingerprint density at radius 3 is 2.42 bits per heavy atom. The quantitative estimate of drug-likeness (QED) is 0.894. The third kappa shape index (κ3) is 2.78. The molecule has 0 radical (unpaired) electrons. The summed E-state index contributed by atoms with van der Waals surface area (Å²) in [5, 5.41) is 8.23. The lowest BCUT2D eigenvalue weighted by molar-refractivity contribution is 0.599. The SMILES string of the molecule is CCn1ccc(NS(=O)(=O)c2cn(CC)nc2C)n1. The Kier molecular flexibility index (Phi) is 3.61. The van der Waals surface area contributed by atoms with Crippen molar-refractivity contribution in [3.05, 3.63) is 24.2 Å². The summed E-state index contributed by atoms with van der Waals surface area (Å²) >= 11 is 0. The van der Waals surface area contributed by atoms with Gasteiger partial charge in [-0.3, -0.25) is 14.1 Å². The molecule has 0 fully saturated rings. The van der Waals surface area contributed by atoms with Crippen LogP contribution in [0, 0.1) is 6.92 Å². The van der Waals surface area contributed by atoms with Gasteiger partial charge in [0.1, 0.15) is 4.90 Å². The molecule has 19 heavy (non-hydrogen) atoms. The summed E-state index contributed by atoms with van der Waals surface area (Å²) in [5.41, 5.74) is 0.476. The van der Waals surface area contributed by atoms with Crippen molar-refractivity contribution in [2.75, 3.05) is 4.72 Å². The maximum Gasteiger partial charge on any atom is 0.266 e. The third-order valence-corrected chi connectivity index (χ3v) is 4.18. The molecule has 0 aliphatic heterocycles. The molecule has 0 saturated heterocycles. The molecule has 0 aliphatic rings. The van der Waals surface area contributed by atoms with Gasteiger partial charge in [0.15, 0.2) is 5.82 Å². The normalized spacial score (nSPS) is 11.7. The first-order valence-corrected chi connectivity index (χ1v) is 7.55. The van der Waals surface area contributed by atoms with Gasteiger partial charge in [0, 0.05) is 31.5 Å². The van der Waals surface area contributed by atoms with Crippen LogP contribution in [0.2, 0.25) is 0 Å². The van der Waals surface area contributed by atoms with Crippen molar-refractivity contribution in [2.45, 2.75) is 38.8 Å². The molecule has 0 saturated carbocycles. The number of rotatable bonds is 5. The fraction of sp³-hybridized carbons (Fsp3) is 0.455. The Bertz CT molecular complexity index is 671. The van der Waals surface area contributed by atoms with Gasteiger partial charge in [0.2, 0.25) is 0 Å². The summed E-state index contributed by atoms with van der Waals surface area (Å²) in [6.45, 7) is 6.82. The Balaban J connectivity index is 2.29. The first-order valence-electron chi connectivity index (χ1n) is 6.06. The molecular formula is C11H17N5O2S. The van der Waals surface area contributed by atoms with Crippen molar-refractivity contribution in [1.29, 1.82) is 0 Å². The monoisotopic (exact) mass is 283 g/mol. The fourth-order valence-corrected chi connectivity index (χ4v) is 2.89. The van der Waals surface area contributed by atoms with Crippen LogP contribution in [-0.2, 0) is 23.1 Å². The van der Waals surface area contributed by atoms with Crippen molar-refractivity contribution in [3.63, 3.8) is 0 Å². The molecule has 0 bridgehead atoms. The molecule has 0 amide bonds. The number of nitrogens with one attached hydrogen (secondary N) is 1. The van der Waals surface area contributed by atoms with Crippen LogP contribution >= 0.6 is 0 Å². The van der Waals surface area contributed by atoms with Gasteiger partial charge < -0.3 is 0 Å². The van der Waals surface area contributed by atoms with E-state index in [2.05, 4.69) is 14.9 Å². The van der Waals surface area contributed by atoms with Crippen LogP contribution in [0.3, 0.4) is 0 Å². The number of sulfonamides is 1. The number of hydrogen-bond donors (Lipinski definition) is 1. The van der Waals surface area contributed by atoms with Gasteiger partial charge in [0.25, 0.3) is 10.0 Å². The highest BCUT2D eigenvalue weighted by Gasteiger charge is 2.21. The topological polar surface area (TPSA) is 81.8 Å². The highest BCUT2D eigenvalue weighted by atomic mass is 32.2. The largest absolute Gasteiger partial charge is 0.271 e. The van der Waals surface area contributed by atoms with Gasteiger partial charge in [-0.2, -0.15) is 10.2 Å². The van der Waals surface area contributed by atoms with E-state index in [-0.39, 0.29) is 4.90 Å². The number of hydrogen-bond acceptors (Lipinski definition) is 4. The molecule has 0 aliphatic carbocycles. The molecule has 2 aromatic rings. The van der Waals surface area contributed by atoms with Crippen LogP contribution in [0.5, 0.6) is 0 Å². The van der Waals surface area contributed by atoms with E-state index < -0.39 is 10.0 Å². The number of nitrogens with zero attached hydrogens (tertiary/aromatic N) is 4. The maximum atomic E-state index is 12.2. The van der Waals surface area contributed by atoms with Gasteiger partial charge in [-0.05, 0) is 20.8 Å². The lowest BCUT2D eigenvalue weighted by atomic mass is 10.5. The van der Waals surface area contributed by atoms with Crippen LogP contribution in [0.1, 0.15) is 19.5 Å². The van der Waals surface area contributed by atoms with Crippen LogP contribution in [-0.4, -0.2) is 28.0 Å². The van der Waals surface area contributed by atoms with Gasteiger partial charge in [-0.1, -0.05) is 0 Å². The average molecular weight is 283 g/mol. The minimum atomic E-state index is -3.64. The van der Waals surface area contributed by atoms with Gasteiger partial charge in [-0.25, -0.2) is 8.42 Å². The van der Waals surface area contributed by atoms with E-state index in [1.54, 1.807) is 28.6 Å². The number of aryl methyl sites for hydroxylation is 3. The average Bonchev–Trinajstić information content (AvgIpc) is 2.95. The minimum Gasteiger partial charge on any atom is -0.271 e. The van der Waals surface area contributed by atoms with E-state index in [1.807, 2.05) is 13.8 Å². The summed E-state index contributed by atoms with van der Waals surface area (Å²) in [6.07, 6.45) is 3.24. The Morgan fingerprint density at radius 2 is 1.89 bits per heavy atom. The molecule has 0 spiro atoms. The zero-order chi connectivity index (χ0) is 14.0. The summed E-state index contributed by atoms with van der Waals surface area (Å²) in [7, 11) is -3.64. The van der Waals surface area contributed by atoms with Crippen molar-refractivity contribution in [2.24, 2.45) is 0 Å². The second-order valence-corrected chi connectivity index (χ2v) is 5.75. The van der Waals surface area contributed by atoms with Gasteiger partial charge >= 0.3 is 0 Å². The fourth-order valence-electron chi connectivity index (χ4n) is 1.71. The molecule has 1 N–H and O–H groups in total. The summed E-state index contributed by atoms with van der Waals surface area (Å²) in [4.78, 5) is 0.181. The number of anilines is 1. The Hall–Kier alpha value is -1.83. The number of aromatic nitrogens is 4. The second kappa shape index (κ2) is 5.04. The predicted octanol–water partition coefficient (Wildman–Crippen LogP) is 1.23. The first-order chi connectivity index (χ1) is 8.96. The van der Waals surface area contributed by atoms with Crippen molar-refractivity contribution >= 4 is 15.8 Å².